The van der Waals surface area contributed by atoms with Crippen LogP contribution in [0.4, 0.5) is 0 Å². The van der Waals surface area contributed by atoms with Crippen LogP contribution in [0.2, 0.25) is 0 Å². The average Bonchev–Trinajstić information content (AvgIpc) is 2.67. The van der Waals surface area contributed by atoms with Crippen molar-refractivity contribution >= 4 is 5.71 Å². The summed E-state index contributed by atoms with van der Waals surface area (Å²) in [7, 11) is 0. The summed E-state index contributed by atoms with van der Waals surface area (Å²) in [6.45, 7) is 6.57. The Balaban J connectivity index is 2.09. The molecule has 3 nitrogen and oxygen atoms in total. The number of hydrogen-bond acceptors (Lipinski definition) is 3. The average molecular weight is 203 g/mol. The highest BCUT2D eigenvalue weighted by atomic mass is 15.3. The van der Waals surface area contributed by atoms with Crippen LogP contribution in [0, 0.1) is 5.41 Å². The summed E-state index contributed by atoms with van der Waals surface area (Å²) in [4.78, 5) is 4.34. The van der Waals surface area contributed by atoms with Crippen LogP contribution in [0.5, 0.6) is 0 Å². The fourth-order valence-electron chi connectivity index (χ4n) is 1.67. The quantitative estimate of drug-likeness (QED) is 0.761. The van der Waals surface area contributed by atoms with E-state index in [1.54, 1.807) is 0 Å². The van der Waals surface area contributed by atoms with Crippen molar-refractivity contribution in [3.8, 4) is 0 Å². The van der Waals surface area contributed by atoms with Crippen LogP contribution in [0.25, 0.3) is 0 Å². The molecule has 0 radical (unpaired) electrons. The number of aromatic nitrogens is 1. The van der Waals surface area contributed by atoms with Crippen LogP contribution in [0.1, 0.15) is 38.9 Å². The first kappa shape index (κ1) is 10.1. The van der Waals surface area contributed by atoms with Gasteiger partial charge in [0.05, 0.1) is 11.7 Å². The summed E-state index contributed by atoms with van der Waals surface area (Å²) in [5, 5.41) is 4.39. The molecule has 80 valence electrons. The Morgan fingerprint density at radius 2 is 2.13 bits per heavy atom. The Hall–Kier alpha value is -1.38. The zero-order valence-corrected chi connectivity index (χ0v) is 9.49. The molecular weight excluding hydrogens is 186 g/mol. The number of hydrazone groups is 1. The van der Waals surface area contributed by atoms with Gasteiger partial charge in [0.2, 0.25) is 0 Å². The topological polar surface area (TPSA) is 37.3 Å². The van der Waals surface area contributed by atoms with Crippen molar-refractivity contribution in [3.05, 3.63) is 30.1 Å². The van der Waals surface area contributed by atoms with Gasteiger partial charge in [-0.15, -0.1) is 0 Å². The Labute approximate surface area is 90.6 Å². The molecule has 0 saturated heterocycles. The highest BCUT2D eigenvalue weighted by molar-refractivity contribution is 5.90. The van der Waals surface area contributed by atoms with E-state index in [-0.39, 0.29) is 11.5 Å². The molecule has 0 fully saturated rings. The van der Waals surface area contributed by atoms with Gasteiger partial charge in [0.25, 0.3) is 0 Å². The van der Waals surface area contributed by atoms with Gasteiger partial charge >= 0.3 is 0 Å². The number of rotatable bonds is 1. The van der Waals surface area contributed by atoms with Gasteiger partial charge in [-0.3, -0.25) is 4.98 Å². The Kier molecular flexibility index (Phi) is 2.47. The lowest BCUT2D eigenvalue weighted by Crippen LogP contribution is -2.19. The van der Waals surface area contributed by atoms with Crippen molar-refractivity contribution in [2.75, 3.05) is 0 Å². The zero-order chi connectivity index (χ0) is 10.9. The highest BCUT2D eigenvalue weighted by Crippen LogP contribution is 2.28. The molecule has 15 heavy (non-hydrogen) atoms. The van der Waals surface area contributed by atoms with Crippen molar-refractivity contribution in [2.45, 2.75) is 33.2 Å². The van der Waals surface area contributed by atoms with E-state index in [1.165, 1.54) is 5.71 Å². The van der Waals surface area contributed by atoms with Gasteiger partial charge in [0.15, 0.2) is 0 Å². The van der Waals surface area contributed by atoms with Crippen molar-refractivity contribution < 1.29 is 0 Å². The SMILES string of the molecule is CC(C)(C)C1=NNC(c2ccccn2)C1. The fraction of sp³-hybridized carbons (Fsp3) is 0.500. The molecule has 0 aromatic carbocycles. The number of nitrogens with zero attached hydrogens (tertiary/aromatic N) is 2. The van der Waals surface area contributed by atoms with Gasteiger partial charge in [0, 0.05) is 23.7 Å². The van der Waals surface area contributed by atoms with Crippen molar-refractivity contribution in [1.82, 2.24) is 10.4 Å². The molecule has 1 N–H and O–H groups in total. The summed E-state index contributed by atoms with van der Waals surface area (Å²) in [5.74, 6) is 0. The molecule has 1 aromatic rings. The molecule has 1 unspecified atom stereocenters. The maximum atomic E-state index is 4.39. The largest absolute Gasteiger partial charge is 0.301 e. The molecule has 2 heterocycles. The minimum absolute atomic E-state index is 0.149. The number of hydrogen-bond donors (Lipinski definition) is 1. The maximum absolute atomic E-state index is 4.39. The van der Waals surface area contributed by atoms with E-state index in [0.717, 1.165) is 12.1 Å². The maximum Gasteiger partial charge on any atom is 0.0913 e. The second-order valence-corrected chi connectivity index (χ2v) is 4.95. The van der Waals surface area contributed by atoms with Crippen LogP contribution in [-0.2, 0) is 0 Å². The van der Waals surface area contributed by atoms with E-state index in [9.17, 15) is 0 Å². The van der Waals surface area contributed by atoms with E-state index in [0.29, 0.717) is 0 Å². The molecule has 0 bridgehead atoms. The molecule has 0 spiro atoms. The van der Waals surface area contributed by atoms with Gasteiger partial charge in [-0.2, -0.15) is 5.10 Å². The van der Waals surface area contributed by atoms with Crippen LogP contribution < -0.4 is 5.43 Å². The summed E-state index contributed by atoms with van der Waals surface area (Å²) >= 11 is 0. The molecular formula is C12H17N3. The standard InChI is InChI=1S/C12H17N3/c1-12(2,3)11-8-10(14-15-11)9-6-4-5-7-13-9/h4-7,10,14H,8H2,1-3H3. The van der Waals surface area contributed by atoms with Gasteiger partial charge < -0.3 is 5.43 Å². The summed E-state index contributed by atoms with van der Waals surface area (Å²) in [6.07, 6.45) is 2.78. The Morgan fingerprint density at radius 1 is 1.33 bits per heavy atom. The van der Waals surface area contributed by atoms with Crippen LogP contribution in [0.15, 0.2) is 29.5 Å². The fourth-order valence-corrected chi connectivity index (χ4v) is 1.67. The van der Waals surface area contributed by atoms with Gasteiger partial charge in [0.1, 0.15) is 0 Å². The minimum Gasteiger partial charge on any atom is -0.301 e. The summed E-state index contributed by atoms with van der Waals surface area (Å²) in [6, 6.07) is 6.24. The molecule has 0 aliphatic carbocycles. The Bertz CT molecular complexity index is 362. The number of pyridine rings is 1. The third kappa shape index (κ3) is 2.17. The van der Waals surface area contributed by atoms with E-state index in [1.807, 2.05) is 24.4 Å². The Morgan fingerprint density at radius 3 is 2.67 bits per heavy atom. The highest BCUT2D eigenvalue weighted by Gasteiger charge is 2.28. The van der Waals surface area contributed by atoms with E-state index in [2.05, 4.69) is 36.3 Å². The smallest absolute Gasteiger partial charge is 0.0913 e. The normalized spacial score (nSPS) is 21.0. The van der Waals surface area contributed by atoms with Crippen LogP contribution in [-0.4, -0.2) is 10.7 Å². The second kappa shape index (κ2) is 3.65. The first-order chi connectivity index (χ1) is 7.07. The van der Waals surface area contributed by atoms with E-state index < -0.39 is 0 Å². The third-order valence-corrected chi connectivity index (χ3v) is 2.66. The lowest BCUT2D eigenvalue weighted by Gasteiger charge is -2.17. The predicted octanol–water partition coefficient (Wildman–Crippen LogP) is 2.52. The molecule has 0 amide bonds. The second-order valence-electron chi connectivity index (χ2n) is 4.95. The first-order valence-electron chi connectivity index (χ1n) is 5.31. The molecule has 2 rings (SSSR count). The van der Waals surface area contributed by atoms with Crippen molar-refractivity contribution in [3.63, 3.8) is 0 Å². The third-order valence-electron chi connectivity index (χ3n) is 2.66. The van der Waals surface area contributed by atoms with Crippen molar-refractivity contribution in [1.29, 1.82) is 0 Å². The lowest BCUT2D eigenvalue weighted by atomic mass is 9.86. The minimum atomic E-state index is 0.149. The monoisotopic (exact) mass is 203 g/mol. The molecule has 1 aromatic heterocycles. The molecule has 3 heteroatoms. The van der Waals surface area contributed by atoms with E-state index >= 15 is 0 Å². The molecule has 0 saturated carbocycles. The summed E-state index contributed by atoms with van der Waals surface area (Å²) < 4.78 is 0. The predicted molar refractivity (Wildman–Crippen MR) is 61.6 cm³/mol. The van der Waals surface area contributed by atoms with Gasteiger partial charge in [-0.1, -0.05) is 26.8 Å². The van der Waals surface area contributed by atoms with Gasteiger partial charge in [-0.25, -0.2) is 0 Å². The van der Waals surface area contributed by atoms with E-state index in [4.69, 9.17) is 0 Å². The lowest BCUT2D eigenvalue weighted by molar-refractivity contribution is 0.572. The molecule has 1 aliphatic rings. The molecule has 1 atom stereocenters. The van der Waals surface area contributed by atoms with Crippen LogP contribution in [0.3, 0.4) is 0 Å². The summed E-state index contributed by atoms with van der Waals surface area (Å²) in [5.41, 5.74) is 5.59. The zero-order valence-electron chi connectivity index (χ0n) is 9.49. The molecule has 1 aliphatic heterocycles. The van der Waals surface area contributed by atoms with Crippen molar-refractivity contribution in [2.24, 2.45) is 10.5 Å². The number of nitrogens with one attached hydrogen (secondary N) is 1. The first-order valence-corrected chi connectivity index (χ1v) is 5.31. The van der Waals surface area contributed by atoms with Gasteiger partial charge in [-0.05, 0) is 12.1 Å². The van der Waals surface area contributed by atoms with Crippen LogP contribution >= 0.6 is 0 Å².